The van der Waals surface area contributed by atoms with E-state index in [0.717, 1.165) is 22.1 Å². The van der Waals surface area contributed by atoms with Gasteiger partial charge in [0.25, 0.3) is 5.91 Å². The van der Waals surface area contributed by atoms with Crippen molar-refractivity contribution in [2.45, 2.75) is 38.0 Å². The fourth-order valence-electron chi connectivity index (χ4n) is 4.18. The van der Waals surface area contributed by atoms with Crippen LogP contribution in [0, 0.1) is 0 Å². The van der Waals surface area contributed by atoms with Crippen molar-refractivity contribution in [3.63, 3.8) is 0 Å². The maximum Gasteiger partial charge on any atom is 0.263 e. The SMILES string of the molecule is O=C1NC(=S)SC1=Cc1cc2cncc(-c3ccc(C4CCCCC4)cc3)c2o1. The van der Waals surface area contributed by atoms with Crippen LogP contribution >= 0.6 is 24.0 Å². The Balaban J connectivity index is 1.47. The van der Waals surface area contributed by atoms with Gasteiger partial charge in [-0.05, 0) is 36.0 Å². The lowest BCUT2D eigenvalue weighted by Gasteiger charge is -2.22. The highest BCUT2D eigenvalue weighted by Crippen LogP contribution is 2.36. The number of thiocarbonyl (C=S) groups is 1. The molecule has 4 nitrogen and oxygen atoms in total. The Bertz CT molecular complexity index is 1130. The third-order valence-electron chi connectivity index (χ3n) is 5.66. The molecule has 0 radical (unpaired) electrons. The Morgan fingerprint density at radius 3 is 2.66 bits per heavy atom. The summed E-state index contributed by atoms with van der Waals surface area (Å²) in [4.78, 5) is 16.8. The number of nitrogens with zero attached hydrogens (tertiary/aromatic N) is 1. The molecule has 1 amide bonds. The smallest absolute Gasteiger partial charge is 0.263 e. The van der Waals surface area contributed by atoms with Crippen molar-refractivity contribution < 1.29 is 9.21 Å². The number of nitrogens with one attached hydrogen (secondary N) is 1. The molecular weight excluding hydrogens is 400 g/mol. The molecule has 1 saturated heterocycles. The Kier molecular flexibility index (Phi) is 4.97. The molecule has 5 rings (SSSR count). The molecule has 2 aromatic heterocycles. The van der Waals surface area contributed by atoms with E-state index in [0.29, 0.717) is 20.9 Å². The number of hydrogen-bond acceptors (Lipinski definition) is 5. The molecule has 0 bridgehead atoms. The van der Waals surface area contributed by atoms with Crippen LogP contribution in [-0.4, -0.2) is 15.2 Å². The molecule has 1 aliphatic heterocycles. The number of rotatable bonds is 3. The second kappa shape index (κ2) is 7.76. The largest absolute Gasteiger partial charge is 0.456 e. The summed E-state index contributed by atoms with van der Waals surface area (Å²) in [6.07, 6.45) is 12.0. The number of amides is 1. The number of fused-ring (bicyclic) bond motifs is 1. The number of thioether (sulfide) groups is 1. The van der Waals surface area contributed by atoms with Crippen LogP contribution in [0.3, 0.4) is 0 Å². The summed E-state index contributed by atoms with van der Waals surface area (Å²) in [5.41, 5.74) is 4.26. The van der Waals surface area contributed by atoms with Crippen molar-refractivity contribution in [1.29, 1.82) is 0 Å². The van der Waals surface area contributed by atoms with E-state index in [1.807, 2.05) is 12.3 Å². The van der Waals surface area contributed by atoms with Gasteiger partial charge >= 0.3 is 0 Å². The first-order valence-electron chi connectivity index (χ1n) is 9.90. The molecule has 2 aliphatic rings. The average molecular weight is 421 g/mol. The first kappa shape index (κ1) is 18.6. The predicted molar refractivity (Wildman–Crippen MR) is 122 cm³/mol. The van der Waals surface area contributed by atoms with E-state index < -0.39 is 0 Å². The minimum Gasteiger partial charge on any atom is -0.456 e. The summed E-state index contributed by atoms with van der Waals surface area (Å²) in [5, 5.41) is 3.54. The second-order valence-corrected chi connectivity index (χ2v) is 9.28. The number of furan rings is 1. The third kappa shape index (κ3) is 3.74. The van der Waals surface area contributed by atoms with Crippen molar-refractivity contribution in [3.8, 4) is 11.1 Å². The van der Waals surface area contributed by atoms with Gasteiger partial charge in [0.05, 0.1) is 4.91 Å². The van der Waals surface area contributed by atoms with Crippen LogP contribution in [0.1, 0.15) is 49.3 Å². The van der Waals surface area contributed by atoms with E-state index in [2.05, 4.69) is 34.6 Å². The number of benzene rings is 1. The topological polar surface area (TPSA) is 55.1 Å². The molecule has 0 spiro atoms. The van der Waals surface area contributed by atoms with Gasteiger partial charge < -0.3 is 9.73 Å². The summed E-state index contributed by atoms with van der Waals surface area (Å²) < 4.78 is 6.56. The number of hydrogen-bond donors (Lipinski definition) is 1. The highest BCUT2D eigenvalue weighted by atomic mass is 32.2. The highest BCUT2D eigenvalue weighted by molar-refractivity contribution is 8.26. The van der Waals surface area contributed by atoms with E-state index in [4.69, 9.17) is 16.6 Å². The van der Waals surface area contributed by atoms with Crippen LogP contribution in [-0.2, 0) is 4.79 Å². The Hall–Kier alpha value is -2.44. The number of pyridine rings is 1. The monoisotopic (exact) mass is 420 g/mol. The minimum atomic E-state index is -0.183. The average Bonchev–Trinajstić information content (AvgIpc) is 3.30. The molecule has 0 unspecified atom stereocenters. The summed E-state index contributed by atoms with van der Waals surface area (Å²) in [5.74, 6) is 1.13. The molecule has 1 N–H and O–H groups in total. The molecule has 0 atom stereocenters. The third-order valence-corrected chi connectivity index (χ3v) is 6.82. The van der Waals surface area contributed by atoms with Crippen molar-refractivity contribution in [2.24, 2.45) is 0 Å². The van der Waals surface area contributed by atoms with Gasteiger partial charge in [0.2, 0.25) is 0 Å². The van der Waals surface area contributed by atoms with E-state index in [1.165, 1.54) is 49.4 Å². The molecule has 1 aromatic carbocycles. The van der Waals surface area contributed by atoms with Crippen LogP contribution < -0.4 is 5.32 Å². The Morgan fingerprint density at radius 2 is 1.93 bits per heavy atom. The number of aromatic nitrogens is 1. The standard InChI is InChI=1S/C23H20N2O2S2/c26-22-20(29-23(28)25-22)11-18-10-17-12-24-13-19(21(17)27-18)16-8-6-15(7-9-16)14-4-2-1-3-5-14/h6-14H,1-5H2,(H,25,26,28). The first-order chi connectivity index (χ1) is 14.2. The van der Waals surface area contributed by atoms with Crippen molar-refractivity contribution in [3.05, 3.63) is 59.0 Å². The van der Waals surface area contributed by atoms with Gasteiger partial charge in [-0.1, -0.05) is 67.5 Å². The lowest BCUT2D eigenvalue weighted by atomic mass is 9.84. The molecule has 1 aliphatic carbocycles. The van der Waals surface area contributed by atoms with E-state index in [-0.39, 0.29) is 5.91 Å². The molecule has 6 heteroatoms. The molecule has 3 heterocycles. The fourth-order valence-corrected chi connectivity index (χ4v) is 5.20. The van der Waals surface area contributed by atoms with Crippen LogP contribution in [0.4, 0.5) is 0 Å². The lowest BCUT2D eigenvalue weighted by molar-refractivity contribution is -0.115. The molecule has 1 saturated carbocycles. The zero-order valence-corrected chi connectivity index (χ0v) is 17.4. The second-order valence-electron chi connectivity index (χ2n) is 7.56. The maximum absolute atomic E-state index is 11.9. The zero-order chi connectivity index (χ0) is 19.8. The summed E-state index contributed by atoms with van der Waals surface area (Å²) in [6, 6.07) is 10.7. The van der Waals surface area contributed by atoms with E-state index in [9.17, 15) is 4.79 Å². The highest BCUT2D eigenvalue weighted by Gasteiger charge is 2.23. The van der Waals surface area contributed by atoms with Gasteiger partial charge in [-0.25, -0.2) is 0 Å². The summed E-state index contributed by atoms with van der Waals surface area (Å²) in [7, 11) is 0. The molecule has 29 heavy (non-hydrogen) atoms. The van der Waals surface area contributed by atoms with Gasteiger partial charge in [-0.3, -0.25) is 9.78 Å². The van der Waals surface area contributed by atoms with E-state index in [1.54, 1.807) is 12.3 Å². The molecule has 2 fully saturated rings. The quantitative estimate of drug-likeness (QED) is 0.414. The Morgan fingerprint density at radius 1 is 1.14 bits per heavy atom. The summed E-state index contributed by atoms with van der Waals surface area (Å²) in [6.45, 7) is 0. The van der Waals surface area contributed by atoms with Gasteiger partial charge in [0, 0.05) is 29.4 Å². The van der Waals surface area contributed by atoms with Crippen molar-refractivity contribution in [2.75, 3.05) is 0 Å². The lowest BCUT2D eigenvalue weighted by Crippen LogP contribution is -2.17. The van der Waals surface area contributed by atoms with Crippen LogP contribution in [0.5, 0.6) is 0 Å². The Labute approximate surface area is 178 Å². The summed E-state index contributed by atoms with van der Waals surface area (Å²) >= 11 is 6.30. The van der Waals surface area contributed by atoms with Crippen LogP contribution in [0.15, 0.2) is 52.0 Å². The van der Waals surface area contributed by atoms with Gasteiger partial charge in [0.15, 0.2) is 0 Å². The predicted octanol–water partition coefficient (Wildman–Crippen LogP) is 6.03. The minimum absolute atomic E-state index is 0.183. The van der Waals surface area contributed by atoms with Crippen LogP contribution in [0.2, 0.25) is 0 Å². The van der Waals surface area contributed by atoms with Gasteiger partial charge in [-0.2, -0.15) is 0 Å². The van der Waals surface area contributed by atoms with Crippen LogP contribution in [0.25, 0.3) is 28.2 Å². The molecular formula is C23H20N2O2S2. The fraction of sp³-hybridized carbons (Fsp3) is 0.261. The molecule has 146 valence electrons. The number of carbonyl (C=O) groups is 1. The number of carbonyl (C=O) groups excluding carboxylic acids is 1. The maximum atomic E-state index is 11.9. The zero-order valence-electron chi connectivity index (χ0n) is 15.8. The molecule has 3 aromatic rings. The van der Waals surface area contributed by atoms with Crippen molar-refractivity contribution in [1.82, 2.24) is 10.3 Å². The van der Waals surface area contributed by atoms with Gasteiger partial charge in [0.1, 0.15) is 15.7 Å². The van der Waals surface area contributed by atoms with Gasteiger partial charge in [-0.15, -0.1) is 0 Å². The first-order valence-corrected chi connectivity index (χ1v) is 11.1. The van der Waals surface area contributed by atoms with E-state index >= 15 is 0 Å². The van der Waals surface area contributed by atoms with Crippen molar-refractivity contribution >= 4 is 51.3 Å². The normalized spacial score (nSPS) is 19.2.